The van der Waals surface area contributed by atoms with Crippen molar-refractivity contribution >= 4 is 33.1 Å². The Labute approximate surface area is 154 Å². The lowest BCUT2D eigenvalue weighted by atomic mass is 10.2. The van der Waals surface area contributed by atoms with Gasteiger partial charge in [0.1, 0.15) is 11.3 Å². The number of nitrogens with zero attached hydrogens (tertiary/aromatic N) is 6. The third kappa shape index (κ3) is 2.86. The highest BCUT2D eigenvalue weighted by Crippen LogP contribution is 2.40. The normalized spacial score (nSPS) is 18.1. The van der Waals surface area contributed by atoms with Gasteiger partial charge >= 0.3 is 0 Å². The number of hydrogen-bond donors (Lipinski definition) is 0. The predicted molar refractivity (Wildman–Crippen MR) is 101 cm³/mol. The van der Waals surface area contributed by atoms with Crippen LogP contribution < -0.4 is 9.80 Å². The smallest absolute Gasteiger partial charge is 0.154 e. The summed E-state index contributed by atoms with van der Waals surface area (Å²) in [5.74, 6) is 2.74. The maximum absolute atomic E-state index is 4.73. The fraction of sp³-hybridized carbons (Fsp3) is 0.389. The van der Waals surface area contributed by atoms with Gasteiger partial charge in [-0.2, -0.15) is 5.10 Å². The number of hydrogen-bond acceptors (Lipinski definition) is 5. The molecule has 1 aliphatic carbocycles. The highest BCUT2D eigenvalue weighted by atomic mass is 79.9. The average molecular weight is 399 g/mol. The molecule has 1 aliphatic heterocycles. The van der Waals surface area contributed by atoms with Gasteiger partial charge in [0, 0.05) is 55.2 Å². The van der Waals surface area contributed by atoms with E-state index in [1.54, 1.807) is 0 Å². The van der Waals surface area contributed by atoms with Crippen LogP contribution in [0.15, 0.2) is 41.3 Å². The first kappa shape index (κ1) is 15.1. The van der Waals surface area contributed by atoms with E-state index in [1.165, 1.54) is 18.5 Å². The minimum atomic E-state index is 0.660. The summed E-state index contributed by atoms with van der Waals surface area (Å²) in [6.07, 6.45) is 8.20. The Morgan fingerprint density at radius 2 is 1.80 bits per heavy atom. The number of aromatic nitrogens is 4. The molecule has 0 atom stereocenters. The lowest BCUT2D eigenvalue weighted by Crippen LogP contribution is -2.47. The van der Waals surface area contributed by atoms with Gasteiger partial charge in [0.05, 0.1) is 5.69 Å². The van der Waals surface area contributed by atoms with Gasteiger partial charge in [0.25, 0.3) is 0 Å². The van der Waals surface area contributed by atoms with Crippen LogP contribution in [-0.2, 0) is 0 Å². The molecule has 2 fully saturated rings. The zero-order chi connectivity index (χ0) is 16.8. The Balaban J connectivity index is 1.36. The molecular formula is C18H19BrN6. The Morgan fingerprint density at radius 1 is 1.00 bits per heavy atom. The van der Waals surface area contributed by atoms with E-state index < -0.39 is 0 Å². The highest BCUT2D eigenvalue weighted by Gasteiger charge is 2.28. The number of piperazine rings is 1. The maximum Gasteiger partial charge on any atom is 0.154 e. The van der Waals surface area contributed by atoms with Crippen LogP contribution in [0.1, 0.15) is 24.5 Å². The van der Waals surface area contributed by atoms with Gasteiger partial charge in [-0.15, -0.1) is 0 Å². The Hall–Kier alpha value is -2.15. The second-order valence-electron chi connectivity index (χ2n) is 6.73. The second kappa shape index (κ2) is 5.98. The van der Waals surface area contributed by atoms with E-state index in [1.807, 2.05) is 29.2 Å². The summed E-state index contributed by atoms with van der Waals surface area (Å²) < 4.78 is 3.00. The molecule has 1 saturated heterocycles. The van der Waals surface area contributed by atoms with E-state index in [9.17, 15) is 0 Å². The first-order valence-electron chi connectivity index (χ1n) is 8.74. The van der Waals surface area contributed by atoms with Gasteiger partial charge in [0.2, 0.25) is 0 Å². The number of pyridine rings is 1. The zero-order valence-electron chi connectivity index (χ0n) is 13.8. The van der Waals surface area contributed by atoms with Crippen LogP contribution in [0.3, 0.4) is 0 Å². The molecule has 1 saturated carbocycles. The summed E-state index contributed by atoms with van der Waals surface area (Å²) in [6.45, 7) is 3.77. The summed E-state index contributed by atoms with van der Waals surface area (Å²) in [5, 5.41) is 4.73. The molecule has 128 valence electrons. The van der Waals surface area contributed by atoms with E-state index in [2.05, 4.69) is 47.8 Å². The minimum absolute atomic E-state index is 0.660. The second-order valence-corrected chi connectivity index (χ2v) is 7.65. The lowest BCUT2D eigenvalue weighted by Gasteiger charge is -2.36. The minimum Gasteiger partial charge on any atom is -0.353 e. The molecule has 0 spiro atoms. The topological polar surface area (TPSA) is 49.6 Å². The molecule has 0 N–H and O–H groups in total. The van der Waals surface area contributed by atoms with Crippen molar-refractivity contribution in [1.82, 2.24) is 19.6 Å². The molecule has 5 rings (SSSR count). The molecule has 0 radical (unpaired) electrons. The monoisotopic (exact) mass is 398 g/mol. The van der Waals surface area contributed by atoms with Crippen molar-refractivity contribution in [2.75, 3.05) is 36.0 Å². The largest absolute Gasteiger partial charge is 0.353 e. The molecular weight excluding hydrogens is 380 g/mol. The van der Waals surface area contributed by atoms with E-state index in [-0.39, 0.29) is 0 Å². The summed E-state index contributed by atoms with van der Waals surface area (Å²) in [4.78, 5) is 13.9. The molecule has 25 heavy (non-hydrogen) atoms. The summed E-state index contributed by atoms with van der Waals surface area (Å²) >= 11 is 3.44. The van der Waals surface area contributed by atoms with E-state index >= 15 is 0 Å². The molecule has 0 unspecified atom stereocenters. The molecule has 4 heterocycles. The summed E-state index contributed by atoms with van der Waals surface area (Å²) in [6, 6.07) is 6.34. The van der Waals surface area contributed by atoms with Crippen LogP contribution in [0.4, 0.5) is 11.6 Å². The van der Waals surface area contributed by atoms with E-state index in [4.69, 9.17) is 5.10 Å². The van der Waals surface area contributed by atoms with Crippen LogP contribution in [0, 0.1) is 0 Å². The Bertz CT molecular complexity index is 894. The van der Waals surface area contributed by atoms with Crippen LogP contribution in [-0.4, -0.2) is 45.8 Å². The molecule has 7 heteroatoms. The Morgan fingerprint density at radius 3 is 2.52 bits per heavy atom. The molecule has 0 amide bonds. The van der Waals surface area contributed by atoms with Crippen molar-refractivity contribution < 1.29 is 0 Å². The van der Waals surface area contributed by atoms with Crippen LogP contribution >= 0.6 is 15.9 Å². The standard InChI is InChI=1S/C18H19BrN6/c19-14-3-4-17(21-12-14)23-7-9-24(10-8-23)18-16-11-15(13-1-2-13)22-25(16)6-5-20-18/h3-6,11-13H,1-2,7-10H2. The number of anilines is 2. The van der Waals surface area contributed by atoms with Crippen LogP contribution in [0.25, 0.3) is 5.52 Å². The van der Waals surface area contributed by atoms with Gasteiger partial charge in [-0.25, -0.2) is 14.5 Å². The van der Waals surface area contributed by atoms with Gasteiger partial charge in [0.15, 0.2) is 5.82 Å². The van der Waals surface area contributed by atoms with Crippen LogP contribution in [0.2, 0.25) is 0 Å². The highest BCUT2D eigenvalue weighted by molar-refractivity contribution is 9.10. The van der Waals surface area contributed by atoms with Crippen molar-refractivity contribution in [2.24, 2.45) is 0 Å². The fourth-order valence-corrected chi connectivity index (χ4v) is 3.69. The molecule has 3 aromatic heterocycles. The van der Waals surface area contributed by atoms with Gasteiger partial charge < -0.3 is 9.80 Å². The van der Waals surface area contributed by atoms with Crippen molar-refractivity contribution in [2.45, 2.75) is 18.8 Å². The molecule has 2 aliphatic rings. The SMILES string of the molecule is Brc1ccc(N2CCN(c3nccn4nc(C5CC5)cc34)CC2)nc1. The maximum atomic E-state index is 4.73. The van der Waals surface area contributed by atoms with Crippen LogP contribution in [0.5, 0.6) is 0 Å². The third-order valence-electron chi connectivity index (χ3n) is 5.00. The predicted octanol–water partition coefficient (Wildman–Crippen LogP) is 3.09. The molecule has 6 nitrogen and oxygen atoms in total. The molecule has 0 bridgehead atoms. The lowest BCUT2D eigenvalue weighted by molar-refractivity contribution is 0.641. The zero-order valence-corrected chi connectivity index (χ0v) is 15.4. The number of halogens is 1. The molecule has 3 aromatic rings. The van der Waals surface area contributed by atoms with Gasteiger partial charge in [-0.3, -0.25) is 0 Å². The van der Waals surface area contributed by atoms with Crippen molar-refractivity contribution in [3.05, 3.63) is 47.0 Å². The van der Waals surface area contributed by atoms with E-state index in [0.717, 1.165) is 47.8 Å². The van der Waals surface area contributed by atoms with Crippen molar-refractivity contribution in [3.63, 3.8) is 0 Å². The fourth-order valence-electron chi connectivity index (χ4n) is 3.45. The van der Waals surface area contributed by atoms with Crippen molar-refractivity contribution in [3.8, 4) is 0 Å². The Kier molecular flexibility index (Phi) is 3.62. The number of fused-ring (bicyclic) bond motifs is 1. The van der Waals surface area contributed by atoms with Gasteiger partial charge in [-0.05, 0) is 47.0 Å². The van der Waals surface area contributed by atoms with Gasteiger partial charge in [-0.1, -0.05) is 0 Å². The number of rotatable bonds is 3. The third-order valence-corrected chi connectivity index (χ3v) is 5.47. The van der Waals surface area contributed by atoms with E-state index in [0.29, 0.717) is 5.92 Å². The molecule has 0 aromatic carbocycles. The first-order valence-corrected chi connectivity index (χ1v) is 9.53. The van der Waals surface area contributed by atoms with Crippen molar-refractivity contribution in [1.29, 1.82) is 0 Å². The quantitative estimate of drug-likeness (QED) is 0.678. The summed E-state index contributed by atoms with van der Waals surface area (Å²) in [5.41, 5.74) is 2.34. The first-order chi connectivity index (χ1) is 12.3. The summed E-state index contributed by atoms with van der Waals surface area (Å²) in [7, 11) is 0. The average Bonchev–Trinajstić information content (AvgIpc) is 3.41.